The van der Waals surface area contributed by atoms with E-state index in [1.54, 1.807) is 6.92 Å². The largest absolute Gasteiger partial charge is 0.314 e. The number of rotatable bonds is 8. The lowest BCUT2D eigenvalue weighted by molar-refractivity contribution is 0.0870. The van der Waals surface area contributed by atoms with Crippen LogP contribution in [0.15, 0.2) is 0 Å². The highest BCUT2D eigenvalue weighted by Crippen LogP contribution is 2.43. The fourth-order valence-electron chi connectivity index (χ4n) is 3.88. The maximum Gasteiger partial charge on any atom is 0.150 e. The minimum Gasteiger partial charge on any atom is -0.314 e. The van der Waals surface area contributed by atoms with E-state index in [9.17, 15) is 8.42 Å². The molecule has 0 bridgehead atoms. The van der Waals surface area contributed by atoms with E-state index in [-0.39, 0.29) is 11.2 Å². The van der Waals surface area contributed by atoms with Gasteiger partial charge >= 0.3 is 0 Å². The van der Waals surface area contributed by atoms with Crippen molar-refractivity contribution >= 4 is 9.84 Å². The molecular formula is C17H35NO2S. The first-order valence-electron chi connectivity index (χ1n) is 8.65. The lowest BCUT2D eigenvalue weighted by Gasteiger charge is -2.45. The van der Waals surface area contributed by atoms with Gasteiger partial charge in [0.1, 0.15) is 9.84 Å². The molecule has 1 aliphatic carbocycles. The average Bonchev–Trinajstić information content (AvgIpc) is 2.38. The standard InChI is InChI=1S/C17H35NO2S/c1-6-18-16-13-14(3)9-10-15(16)17(4,5)11-8-12-21(19,20)7-2/h14-16,18H,6-13H2,1-5H3. The summed E-state index contributed by atoms with van der Waals surface area (Å²) < 4.78 is 23.3. The molecule has 0 aromatic rings. The summed E-state index contributed by atoms with van der Waals surface area (Å²) in [4.78, 5) is 0. The monoisotopic (exact) mass is 317 g/mol. The van der Waals surface area contributed by atoms with Gasteiger partial charge in [-0.25, -0.2) is 8.42 Å². The van der Waals surface area contributed by atoms with Crippen LogP contribution in [0.3, 0.4) is 0 Å². The van der Waals surface area contributed by atoms with Crippen molar-refractivity contribution in [1.29, 1.82) is 0 Å². The molecule has 1 rings (SSSR count). The molecule has 0 spiro atoms. The molecule has 1 aliphatic rings. The van der Waals surface area contributed by atoms with Crippen molar-refractivity contribution in [2.45, 2.75) is 72.8 Å². The molecule has 0 aliphatic heterocycles. The summed E-state index contributed by atoms with van der Waals surface area (Å²) in [6, 6.07) is 0.594. The molecule has 21 heavy (non-hydrogen) atoms. The van der Waals surface area contributed by atoms with Crippen LogP contribution >= 0.6 is 0 Å². The van der Waals surface area contributed by atoms with E-state index in [1.807, 2.05) is 0 Å². The van der Waals surface area contributed by atoms with Crippen LogP contribution in [0.2, 0.25) is 0 Å². The molecule has 1 N–H and O–H groups in total. The third kappa shape index (κ3) is 5.90. The van der Waals surface area contributed by atoms with Gasteiger partial charge in [0.25, 0.3) is 0 Å². The van der Waals surface area contributed by atoms with E-state index >= 15 is 0 Å². The molecule has 3 nitrogen and oxygen atoms in total. The molecule has 0 aromatic carbocycles. The van der Waals surface area contributed by atoms with Crippen LogP contribution < -0.4 is 5.32 Å². The fourth-order valence-corrected chi connectivity index (χ4v) is 4.75. The number of hydrogen-bond donors (Lipinski definition) is 1. The molecule has 0 saturated heterocycles. The van der Waals surface area contributed by atoms with Gasteiger partial charge in [0, 0.05) is 11.8 Å². The predicted octanol–water partition coefficient (Wildman–Crippen LogP) is 3.64. The van der Waals surface area contributed by atoms with E-state index in [2.05, 4.69) is 33.0 Å². The summed E-state index contributed by atoms with van der Waals surface area (Å²) >= 11 is 0. The highest BCUT2D eigenvalue weighted by Gasteiger charge is 2.38. The number of sulfone groups is 1. The fraction of sp³-hybridized carbons (Fsp3) is 1.00. The molecule has 3 unspecified atom stereocenters. The number of hydrogen-bond acceptors (Lipinski definition) is 3. The molecule has 0 heterocycles. The zero-order chi connectivity index (χ0) is 16.1. The van der Waals surface area contributed by atoms with Gasteiger partial charge in [0.05, 0.1) is 5.75 Å². The van der Waals surface area contributed by atoms with Crippen LogP contribution in [-0.4, -0.2) is 32.5 Å². The summed E-state index contributed by atoms with van der Waals surface area (Å²) in [7, 11) is -2.82. The first-order valence-corrected chi connectivity index (χ1v) is 10.5. The Morgan fingerprint density at radius 3 is 2.43 bits per heavy atom. The lowest BCUT2D eigenvalue weighted by Crippen LogP contribution is -2.46. The normalized spacial score (nSPS) is 27.8. The maximum absolute atomic E-state index is 11.7. The van der Waals surface area contributed by atoms with Crippen molar-refractivity contribution < 1.29 is 8.42 Å². The van der Waals surface area contributed by atoms with E-state index in [1.165, 1.54) is 19.3 Å². The zero-order valence-corrected chi connectivity index (χ0v) is 15.4. The summed E-state index contributed by atoms with van der Waals surface area (Å²) in [5.74, 6) is 2.09. The summed E-state index contributed by atoms with van der Waals surface area (Å²) in [5, 5.41) is 3.67. The molecule has 4 heteroatoms. The van der Waals surface area contributed by atoms with Crippen molar-refractivity contribution in [3.05, 3.63) is 0 Å². The zero-order valence-electron chi connectivity index (χ0n) is 14.6. The molecular weight excluding hydrogens is 282 g/mol. The molecule has 1 fully saturated rings. The quantitative estimate of drug-likeness (QED) is 0.743. The SMILES string of the molecule is CCNC1CC(C)CCC1C(C)(C)CCCS(=O)(=O)CC. The van der Waals surface area contributed by atoms with Crippen molar-refractivity contribution in [1.82, 2.24) is 5.32 Å². The predicted molar refractivity (Wildman–Crippen MR) is 91.3 cm³/mol. The summed E-state index contributed by atoms with van der Waals surface area (Å²) in [6.07, 6.45) is 5.64. The van der Waals surface area contributed by atoms with Crippen molar-refractivity contribution in [2.24, 2.45) is 17.3 Å². The Labute approximate surface area is 132 Å². The Hall–Kier alpha value is -0.0900. The van der Waals surface area contributed by atoms with Crippen LogP contribution in [0.5, 0.6) is 0 Å². The van der Waals surface area contributed by atoms with Crippen LogP contribution in [0.1, 0.15) is 66.7 Å². The molecule has 0 radical (unpaired) electrons. The van der Waals surface area contributed by atoms with E-state index < -0.39 is 9.84 Å². The van der Waals surface area contributed by atoms with Crippen molar-refractivity contribution in [2.75, 3.05) is 18.1 Å². The number of nitrogens with one attached hydrogen (secondary N) is 1. The van der Waals surface area contributed by atoms with Crippen LogP contribution in [-0.2, 0) is 9.84 Å². The third-order valence-corrected chi connectivity index (χ3v) is 7.09. The highest BCUT2D eigenvalue weighted by molar-refractivity contribution is 7.91. The van der Waals surface area contributed by atoms with Gasteiger partial charge < -0.3 is 5.32 Å². The van der Waals surface area contributed by atoms with Crippen LogP contribution in [0.25, 0.3) is 0 Å². The van der Waals surface area contributed by atoms with E-state index in [4.69, 9.17) is 0 Å². The van der Waals surface area contributed by atoms with Gasteiger partial charge in [-0.15, -0.1) is 0 Å². The second-order valence-corrected chi connectivity index (χ2v) is 9.99. The Morgan fingerprint density at radius 2 is 1.86 bits per heavy atom. The van der Waals surface area contributed by atoms with Gasteiger partial charge in [0.2, 0.25) is 0 Å². The van der Waals surface area contributed by atoms with E-state index in [0.29, 0.717) is 17.7 Å². The second-order valence-electron chi connectivity index (χ2n) is 7.52. The van der Waals surface area contributed by atoms with Gasteiger partial charge in [-0.2, -0.15) is 0 Å². The Morgan fingerprint density at radius 1 is 1.19 bits per heavy atom. The van der Waals surface area contributed by atoms with Gasteiger partial charge in [-0.1, -0.05) is 41.0 Å². The summed E-state index contributed by atoms with van der Waals surface area (Å²) in [6.45, 7) is 11.9. The molecule has 126 valence electrons. The van der Waals surface area contributed by atoms with Crippen LogP contribution in [0.4, 0.5) is 0 Å². The highest BCUT2D eigenvalue weighted by atomic mass is 32.2. The first kappa shape index (κ1) is 19.0. The lowest BCUT2D eigenvalue weighted by atomic mass is 9.64. The van der Waals surface area contributed by atoms with Gasteiger partial charge in [-0.05, 0) is 49.5 Å². The Balaban J connectivity index is 2.62. The van der Waals surface area contributed by atoms with Gasteiger partial charge in [0.15, 0.2) is 0 Å². The Kier molecular flexibility index (Phi) is 7.18. The topological polar surface area (TPSA) is 46.2 Å². The minimum absolute atomic E-state index is 0.218. The minimum atomic E-state index is -2.82. The Bertz CT molecular complexity index is 403. The van der Waals surface area contributed by atoms with Crippen LogP contribution in [0, 0.1) is 17.3 Å². The van der Waals surface area contributed by atoms with Crippen molar-refractivity contribution in [3.8, 4) is 0 Å². The van der Waals surface area contributed by atoms with Crippen molar-refractivity contribution in [3.63, 3.8) is 0 Å². The summed E-state index contributed by atoms with van der Waals surface area (Å²) in [5.41, 5.74) is 0.218. The molecule has 3 atom stereocenters. The third-order valence-electron chi connectivity index (χ3n) is 5.30. The smallest absolute Gasteiger partial charge is 0.150 e. The molecule has 1 saturated carbocycles. The van der Waals surface area contributed by atoms with Gasteiger partial charge in [-0.3, -0.25) is 0 Å². The second kappa shape index (κ2) is 7.96. The average molecular weight is 318 g/mol. The maximum atomic E-state index is 11.7. The van der Waals surface area contributed by atoms with E-state index in [0.717, 1.165) is 25.3 Å². The first-order chi connectivity index (χ1) is 9.72. The molecule has 0 aromatic heterocycles. The molecule has 0 amide bonds.